The van der Waals surface area contributed by atoms with Crippen molar-refractivity contribution in [3.8, 4) is 0 Å². The fourth-order valence-corrected chi connectivity index (χ4v) is 4.12. The molecular weight excluding hydrogens is 274 g/mol. The zero-order chi connectivity index (χ0) is 15.1. The summed E-state index contributed by atoms with van der Waals surface area (Å²) in [5.74, 6) is 0. The number of benzene rings is 1. The van der Waals surface area contributed by atoms with Crippen molar-refractivity contribution in [2.75, 3.05) is 25.9 Å². The van der Waals surface area contributed by atoms with Crippen LogP contribution in [0.15, 0.2) is 23.1 Å². The lowest BCUT2D eigenvalue weighted by molar-refractivity contribution is 0.105. The van der Waals surface area contributed by atoms with Crippen molar-refractivity contribution in [1.29, 1.82) is 0 Å². The molecule has 2 unspecified atom stereocenters. The highest BCUT2D eigenvalue weighted by Crippen LogP contribution is 2.24. The number of piperazine rings is 1. The van der Waals surface area contributed by atoms with E-state index < -0.39 is 10.0 Å². The summed E-state index contributed by atoms with van der Waals surface area (Å²) in [7, 11) is -1.43. The van der Waals surface area contributed by atoms with Crippen LogP contribution in [-0.2, 0) is 10.0 Å². The van der Waals surface area contributed by atoms with Crippen LogP contribution in [0.5, 0.6) is 0 Å². The SMILES string of the molecule is Cc1ccc(S(=O)(=O)N2CC(C)N(C)C(C)C2)cc1N. The van der Waals surface area contributed by atoms with Crippen LogP contribution in [0.3, 0.4) is 0 Å². The number of aryl methyl sites for hydroxylation is 1. The second-order valence-electron chi connectivity index (χ2n) is 5.70. The van der Waals surface area contributed by atoms with E-state index in [-0.39, 0.29) is 17.0 Å². The smallest absolute Gasteiger partial charge is 0.243 e. The van der Waals surface area contributed by atoms with Gasteiger partial charge < -0.3 is 5.73 Å². The fraction of sp³-hybridized carbons (Fsp3) is 0.571. The molecule has 1 fully saturated rings. The third-order valence-electron chi connectivity index (χ3n) is 4.21. The molecule has 0 aromatic heterocycles. The Balaban J connectivity index is 2.33. The Morgan fingerprint density at radius 3 is 2.25 bits per heavy atom. The lowest BCUT2D eigenvalue weighted by atomic mass is 10.1. The van der Waals surface area contributed by atoms with Crippen molar-refractivity contribution < 1.29 is 8.42 Å². The van der Waals surface area contributed by atoms with E-state index in [0.717, 1.165) is 5.56 Å². The van der Waals surface area contributed by atoms with E-state index in [2.05, 4.69) is 4.90 Å². The molecule has 0 radical (unpaired) electrons. The molecule has 1 heterocycles. The van der Waals surface area contributed by atoms with Gasteiger partial charge in [-0.1, -0.05) is 6.07 Å². The van der Waals surface area contributed by atoms with Gasteiger partial charge in [-0.05, 0) is 45.5 Å². The number of sulfonamides is 1. The van der Waals surface area contributed by atoms with Crippen LogP contribution < -0.4 is 5.73 Å². The number of hydrogen-bond acceptors (Lipinski definition) is 4. The summed E-state index contributed by atoms with van der Waals surface area (Å²) >= 11 is 0. The van der Waals surface area contributed by atoms with Gasteiger partial charge in [0.2, 0.25) is 10.0 Å². The molecule has 1 aromatic rings. The Morgan fingerprint density at radius 2 is 1.75 bits per heavy atom. The Kier molecular flexibility index (Phi) is 4.09. The van der Waals surface area contributed by atoms with Gasteiger partial charge in [-0.3, -0.25) is 4.90 Å². The highest BCUT2D eigenvalue weighted by atomic mass is 32.2. The molecule has 1 saturated heterocycles. The lowest BCUT2D eigenvalue weighted by Gasteiger charge is -2.41. The average Bonchev–Trinajstić information content (AvgIpc) is 2.38. The number of likely N-dealkylation sites (N-methyl/N-ethyl adjacent to an activating group) is 1. The standard InChI is InChI=1S/C14H23N3O2S/c1-10-5-6-13(7-14(10)15)20(18,19)17-8-11(2)16(4)12(3)9-17/h5-7,11-12H,8-9,15H2,1-4H3. The largest absolute Gasteiger partial charge is 0.398 e. The van der Waals surface area contributed by atoms with Gasteiger partial charge >= 0.3 is 0 Å². The molecule has 1 aliphatic rings. The van der Waals surface area contributed by atoms with E-state index in [1.807, 2.05) is 27.8 Å². The molecule has 0 saturated carbocycles. The maximum Gasteiger partial charge on any atom is 0.243 e. The van der Waals surface area contributed by atoms with Gasteiger partial charge in [0, 0.05) is 30.9 Å². The van der Waals surface area contributed by atoms with Gasteiger partial charge in [0.25, 0.3) is 0 Å². The second kappa shape index (κ2) is 5.35. The first-order chi connectivity index (χ1) is 9.23. The van der Waals surface area contributed by atoms with E-state index in [0.29, 0.717) is 18.8 Å². The molecule has 0 bridgehead atoms. The van der Waals surface area contributed by atoms with Crippen LogP contribution >= 0.6 is 0 Å². The van der Waals surface area contributed by atoms with Crippen molar-refractivity contribution in [2.45, 2.75) is 37.8 Å². The molecule has 0 amide bonds. The molecule has 2 atom stereocenters. The average molecular weight is 297 g/mol. The molecule has 2 rings (SSSR count). The maximum atomic E-state index is 12.7. The molecule has 0 spiro atoms. The first-order valence-corrected chi connectivity index (χ1v) is 8.25. The van der Waals surface area contributed by atoms with Crippen molar-refractivity contribution in [2.24, 2.45) is 0 Å². The molecule has 112 valence electrons. The monoisotopic (exact) mass is 297 g/mol. The predicted octanol–water partition coefficient (Wildman–Crippen LogP) is 1.29. The first-order valence-electron chi connectivity index (χ1n) is 6.81. The number of nitrogens with two attached hydrogens (primary N) is 1. The van der Waals surface area contributed by atoms with Gasteiger partial charge in [0.1, 0.15) is 0 Å². The van der Waals surface area contributed by atoms with Crippen LogP contribution in [0.4, 0.5) is 5.69 Å². The van der Waals surface area contributed by atoms with Gasteiger partial charge in [-0.15, -0.1) is 0 Å². The highest BCUT2D eigenvalue weighted by molar-refractivity contribution is 7.89. The molecule has 1 aliphatic heterocycles. The van der Waals surface area contributed by atoms with Gasteiger partial charge in [-0.2, -0.15) is 4.31 Å². The zero-order valence-electron chi connectivity index (χ0n) is 12.5. The summed E-state index contributed by atoms with van der Waals surface area (Å²) in [4.78, 5) is 2.49. The van der Waals surface area contributed by atoms with Crippen LogP contribution in [-0.4, -0.2) is 49.8 Å². The summed E-state index contributed by atoms with van der Waals surface area (Å²) in [6.45, 7) is 6.98. The third-order valence-corrected chi connectivity index (χ3v) is 6.04. The van der Waals surface area contributed by atoms with Gasteiger partial charge in [-0.25, -0.2) is 8.42 Å². The van der Waals surface area contributed by atoms with Crippen molar-refractivity contribution in [3.63, 3.8) is 0 Å². The number of nitrogen functional groups attached to an aromatic ring is 1. The summed E-state index contributed by atoms with van der Waals surface area (Å²) in [5, 5.41) is 0. The quantitative estimate of drug-likeness (QED) is 0.835. The Labute approximate surface area is 121 Å². The van der Waals surface area contributed by atoms with Crippen molar-refractivity contribution in [3.05, 3.63) is 23.8 Å². The molecule has 0 aliphatic carbocycles. The van der Waals surface area contributed by atoms with Crippen LogP contribution in [0.2, 0.25) is 0 Å². The van der Waals surface area contributed by atoms with Crippen LogP contribution in [0.25, 0.3) is 0 Å². The van der Waals surface area contributed by atoms with Gasteiger partial charge in [0.15, 0.2) is 0 Å². The normalized spacial score (nSPS) is 25.8. The predicted molar refractivity (Wildman–Crippen MR) is 81.0 cm³/mol. The number of hydrogen-bond donors (Lipinski definition) is 1. The number of rotatable bonds is 2. The van der Waals surface area contributed by atoms with Gasteiger partial charge in [0.05, 0.1) is 4.90 Å². The summed E-state index contributed by atoms with van der Waals surface area (Å²) in [6.07, 6.45) is 0. The molecular formula is C14H23N3O2S. The molecule has 2 N–H and O–H groups in total. The Morgan fingerprint density at radius 1 is 1.20 bits per heavy atom. The Bertz CT molecular complexity index is 588. The minimum atomic E-state index is -3.46. The van der Waals surface area contributed by atoms with E-state index in [9.17, 15) is 8.42 Å². The number of nitrogens with zero attached hydrogens (tertiary/aromatic N) is 2. The van der Waals surface area contributed by atoms with Crippen LogP contribution in [0, 0.1) is 6.92 Å². The lowest BCUT2D eigenvalue weighted by Crippen LogP contribution is -2.56. The summed E-state index contributed by atoms with van der Waals surface area (Å²) < 4.78 is 27.0. The van der Waals surface area contributed by atoms with Crippen LogP contribution in [0.1, 0.15) is 19.4 Å². The van der Waals surface area contributed by atoms with E-state index in [1.54, 1.807) is 22.5 Å². The third kappa shape index (κ3) is 2.68. The van der Waals surface area contributed by atoms with E-state index in [4.69, 9.17) is 5.73 Å². The summed E-state index contributed by atoms with van der Waals surface area (Å²) in [6, 6.07) is 5.35. The van der Waals surface area contributed by atoms with Crippen molar-refractivity contribution >= 4 is 15.7 Å². The topological polar surface area (TPSA) is 66.6 Å². The molecule has 20 heavy (non-hydrogen) atoms. The Hall–Kier alpha value is -1.11. The zero-order valence-corrected chi connectivity index (χ0v) is 13.3. The maximum absolute atomic E-state index is 12.7. The summed E-state index contributed by atoms with van der Waals surface area (Å²) in [5.41, 5.74) is 7.24. The minimum absolute atomic E-state index is 0.205. The first kappa shape index (κ1) is 15.3. The van der Waals surface area contributed by atoms with E-state index >= 15 is 0 Å². The minimum Gasteiger partial charge on any atom is -0.398 e. The van der Waals surface area contributed by atoms with Crippen molar-refractivity contribution in [1.82, 2.24) is 9.21 Å². The highest BCUT2D eigenvalue weighted by Gasteiger charge is 2.34. The molecule has 6 heteroatoms. The second-order valence-corrected chi connectivity index (χ2v) is 7.64. The fourth-order valence-electron chi connectivity index (χ4n) is 2.48. The molecule has 1 aromatic carbocycles. The van der Waals surface area contributed by atoms with E-state index in [1.165, 1.54) is 0 Å². The molecule has 5 nitrogen and oxygen atoms in total. The number of anilines is 1.